The first-order valence-electron chi connectivity index (χ1n) is 16.6. The number of aryl methyl sites for hydroxylation is 1. The maximum atomic E-state index is 11.0. The van der Waals surface area contributed by atoms with Crippen molar-refractivity contribution in [3.05, 3.63) is 94.1 Å². The molecule has 0 heterocycles. The van der Waals surface area contributed by atoms with Crippen LogP contribution in [0.5, 0.6) is 0 Å². The first-order valence-corrected chi connectivity index (χ1v) is 16.6. The van der Waals surface area contributed by atoms with Crippen LogP contribution in [0.15, 0.2) is 83.0 Å². The number of fused-ring (bicyclic) bond motifs is 1. The number of rotatable bonds is 7. The first kappa shape index (κ1) is 36.6. The highest BCUT2D eigenvalue weighted by molar-refractivity contribution is 5.88. The first-order chi connectivity index (χ1) is 19.6. The largest absolute Gasteiger partial charge is 0.295 e. The Balaban J connectivity index is 0.000000382. The normalized spacial score (nSPS) is 23.4. The molecule has 0 N–H and O–H groups in total. The predicted molar refractivity (Wildman–Crippen MR) is 184 cm³/mol. The van der Waals surface area contributed by atoms with Gasteiger partial charge in [-0.1, -0.05) is 114 Å². The van der Waals surface area contributed by atoms with Crippen LogP contribution >= 0.6 is 0 Å². The topological polar surface area (TPSA) is 17.1 Å². The summed E-state index contributed by atoms with van der Waals surface area (Å²) in [6.07, 6.45) is 23.1. The zero-order valence-corrected chi connectivity index (χ0v) is 28.6. The van der Waals surface area contributed by atoms with E-state index in [1.54, 1.807) is 18.6 Å². The van der Waals surface area contributed by atoms with Gasteiger partial charge in [0.1, 0.15) is 0 Å². The molecule has 3 aliphatic carbocycles. The highest BCUT2D eigenvalue weighted by Crippen LogP contribution is 2.53. The van der Waals surface area contributed by atoms with Gasteiger partial charge in [-0.15, -0.1) is 0 Å². The summed E-state index contributed by atoms with van der Waals surface area (Å²) in [5.41, 5.74) is 8.56. The molecule has 0 aliphatic heterocycles. The van der Waals surface area contributed by atoms with Crippen LogP contribution in [0.3, 0.4) is 0 Å². The molecule has 3 atom stereocenters. The minimum atomic E-state index is 0.0877. The van der Waals surface area contributed by atoms with Gasteiger partial charge in [-0.25, -0.2) is 0 Å². The molecule has 3 unspecified atom stereocenters. The smallest absolute Gasteiger partial charge is 0.152 e. The SMILES string of the molecule is CC.CC.CC(=O)/C=C(C)/C=C/C=C(C)/C=C/C1=C(C)CCCC1(C)C.CCc1ccc(C2CCC3CC3C2)cc1. The molecule has 4 rings (SSSR count). The van der Waals surface area contributed by atoms with E-state index in [0.717, 1.165) is 29.7 Å². The fourth-order valence-electron chi connectivity index (χ4n) is 6.18. The van der Waals surface area contributed by atoms with Crippen molar-refractivity contribution in [2.45, 2.75) is 133 Å². The average molecular weight is 559 g/mol. The van der Waals surface area contributed by atoms with E-state index < -0.39 is 0 Å². The Hall–Kier alpha value is -2.41. The molecular weight excluding hydrogens is 496 g/mol. The third kappa shape index (κ3) is 13.0. The van der Waals surface area contributed by atoms with Gasteiger partial charge in [0, 0.05) is 0 Å². The molecule has 228 valence electrons. The maximum absolute atomic E-state index is 11.0. The zero-order chi connectivity index (χ0) is 31.0. The summed E-state index contributed by atoms with van der Waals surface area (Å²) in [5, 5.41) is 0. The van der Waals surface area contributed by atoms with Crippen LogP contribution in [0.4, 0.5) is 0 Å². The molecule has 1 heteroatoms. The number of carbonyl (C=O) groups excluding carboxylic acids is 1. The van der Waals surface area contributed by atoms with E-state index in [0.29, 0.717) is 0 Å². The fourth-order valence-corrected chi connectivity index (χ4v) is 6.18. The Morgan fingerprint density at radius 2 is 1.56 bits per heavy atom. The molecule has 1 aromatic carbocycles. The van der Waals surface area contributed by atoms with E-state index in [2.05, 4.69) is 77.1 Å². The van der Waals surface area contributed by atoms with Crippen molar-refractivity contribution in [3.8, 4) is 0 Å². The van der Waals surface area contributed by atoms with Gasteiger partial charge >= 0.3 is 0 Å². The number of hydrogen-bond acceptors (Lipinski definition) is 1. The van der Waals surface area contributed by atoms with Crippen molar-refractivity contribution in [2.75, 3.05) is 0 Å². The van der Waals surface area contributed by atoms with Crippen LogP contribution in [0.1, 0.15) is 138 Å². The van der Waals surface area contributed by atoms with E-state index in [1.165, 1.54) is 67.2 Å². The number of hydrogen-bond donors (Lipinski definition) is 0. The van der Waals surface area contributed by atoms with E-state index in [-0.39, 0.29) is 11.2 Å². The Bertz CT molecular complexity index is 1070. The number of carbonyl (C=O) groups is 1. The second kappa shape index (κ2) is 18.9. The number of ketones is 1. The van der Waals surface area contributed by atoms with Gasteiger partial charge < -0.3 is 0 Å². The second-order valence-corrected chi connectivity index (χ2v) is 12.4. The van der Waals surface area contributed by atoms with Crippen LogP contribution < -0.4 is 0 Å². The summed E-state index contributed by atoms with van der Waals surface area (Å²) in [4.78, 5) is 11.0. The Morgan fingerprint density at radius 3 is 2.12 bits per heavy atom. The molecule has 0 amide bonds. The molecule has 1 aromatic rings. The molecule has 2 saturated carbocycles. The number of allylic oxidation sites excluding steroid dienone is 10. The van der Waals surface area contributed by atoms with Crippen LogP contribution in [-0.4, -0.2) is 5.78 Å². The average Bonchev–Trinajstić information content (AvgIpc) is 3.74. The summed E-state index contributed by atoms with van der Waals surface area (Å²) in [6, 6.07) is 9.36. The number of benzene rings is 1. The van der Waals surface area contributed by atoms with Gasteiger partial charge in [-0.2, -0.15) is 0 Å². The van der Waals surface area contributed by atoms with Gasteiger partial charge in [0.15, 0.2) is 5.78 Å². The predicted octanol–water partition coefficient (Wildman–Crippen LogP) is 12.3. The quantitative estimate of drug-likeness (QED) is 0.240. The molecule has 0 radical (unpaired) electrons. The minimum absolute atomic E-state index is 0.0877. The van der Waals surface area contributed by atoms with E-state index >= 15 is 0 Å². The molecule has 2 fully saturated rings. The third-order valence-electron chi connectivity index (χ3n) is 8.61. The zero-order valence-electron chi connectivity index (χ0n) is 28.6. The van der Waals surface area contributed by atoms with Gasteiger partial charge in [-0.3, -0.25) is 4.79 Å². The van der Waals surface area contributed by atoms with Gasteiger partial charge in [-0.05, 0) is 131 Å². The monoisotopic (exact) mass is 558 g/mol. The lowest BCUT2D eigenvalue weighted by Crippen LogP contribution is -2.19. The van der Waals surface area contributed by atoms with Crippen molar-refractivity contribution in [1.82, 2.24) is 0 Å². The fraction of sp³-hybridized carbons (Fsp3) is 0.575. The summed E-state index contributed by atoms with van der Waals surface area (Å²) < 4.78 is 0. The van der Waals surface area contributed by atoms with E-state index in [4.69, 9.17) is 0 Å². The van der Waals surface area contributed by atoms with Crippen LogP contribution in [0, 0.1) is 17.3 Å². The van der Waals surface area contributed by atoms with Gasteiger partial charge in [0.25, 0.3) is 0 Å². The lowest BCUT2D eigenvalue weighted by molar-refractivity contribution is -0.112. The molecule has 1 nitrogen and oxygen atoms in total. The van der Waals surface area contributed by atoms with Crippen LogP contribution in [-0.2, 0) is 11.2 Å². The Morgan fingerprint density at radius 1 is 0.902 bits per heavy atom. The highest BCUT2D eigenvalue weighted by Gasteiger charge is 2.42. The summed E-state index contributed by atoms with van der Waals surface area (Å²) in [7, 11) is 0. The molecule has 0 saturated heterocycles. The molecule has 0 spiro atoms. The van der Waals surface area contributed by atoms with Crippen molar-refractivity contribution in [2.24, 2.45) is 17.3 Å². The van der Waals surface area contributed by atoms with Crippen molar-refractivity contribution >= 4 is 5.78 Å². The second-order valence-electron chi connectivity index (χ2n) is 12.4. The molecule has 41 heavy (non-hydrogen) atoms. The van der Waals surface area contributed by atoms with E-state index in [9.17, 15) is 4.79 Å². The maximum Gasteiger partial charge on any atom is 0.152 e. The van der Waals surface area contributed by atoms with Crippen molar-refractivity contribution in [3.63, 3.8) is 0 Å². The van der Waals surface area contributed by atoms with Crippen molar-refractivity contribution in [1.29, 1.82) is 0 Å². The molecule has 0 aromatic heterocycles. The molecular formula is C40H62O. The van der Waals surface area contributed by atoms with Crippen LogP contribution in [0.25, 0.3) is 0 Å². The van der Waals surface area contributed by atoms with Crippen LogP contribution in [0.2, 0.25) is 0 Å². The summed E-state index contributed by atoms with van der Waals surface area (Å²) in [6.45, 7) is 22.8. The lowest BCUT2D eigenvalue weighted by Gasteiger charge is -2.32. The Kier molecular flexibility index (Phi) is 16.9. The molecule has 0 bridgehead atoms. The lowest BCUT2D eigenvalue weighted by atomic mass is 9.72. The highest BCUT2D eigenvalue weighted by atomic mass is 16.1. The van der Waals surface area contributed by atoms with Gasteiger partial charge in [0.05, 0.1) is 0 Å². The summed E-state index contributed by atoms with van der Waals surface area (Å²) in [5.74, 6) is 3.18. The minimum Gasteiger partial charge on any atom is -0.295 e. The Labute approximate surface area is 255 Å². The van der Waals surface area contributed by atoms with E-state index in [1.807, 2.05) is 46.8 Å². The summed E-state index contributed by atoms with van der Waals surface area (Å²) >= 11 is 0. The third-order valence-corrected chi connectivity index (χ3v) is 8.61. The standard InChI is InChI=1S/C21H30O.C15H20.2C2H6/c1-16(9-7-10-17(2)15-19(4)22)12-13-20-18(3)11-8-14-21(20,5)6;1-2-11-3-5-12(6-4-11)13-7-8-14-10-15(14)9-13;2*1-2/h7,9-10,12-13,15H,8,11,14H2,1-6H3;3-6,13-15H,2,7-10H2,1H3;2*1-2H3/b10-7+,13-12+,16-9+,17-15+;;;. The van der Waals surface area contributed by atoms with Crippen molar-refractivity contribution < 1.29 is 4.79 Å². The molecule has 3 aliphatic rings. The van der Waals surface area contributed by atoms with Gasteiger partial charge in [0.2, 0.25) is 0 Å².